The molecule has 1 aliphatic heterocycles. The number of rotatable bonds is 4. The van der Waals surface area contributed by atoms with Crippen LogP contribution in [-0.2, 0) is 0 Å². The quantitative estimate of drug-likeness (QED) is 0.750. The van der Waals surface area contributed by atoms with Crippen molar-refractivity contribution < 1.29 is 0 Å². The minimum Gasteiger partial charge on any atom is -0.361 e. The Hall–Kier alpha value is -0.630. The summed E-state index contributed by atoms with van der Waals surface area (Å²) in [5.41, 5.74) is 1.89. The Kier molecular flexibility index (Phi) is 4.26. The summed E-state index contributed by atoms with van der Waals surface area (Å²) in [6, 6.07) is 8.77. The van der Waals surface area contributed by atoms with E-state index in [2.05, 4.69) is 56.9 Å². The Morgan fingerprint density at radius 3 is 2.72 bits per heavy atom. The van der Waals surface area contributed by atoms with Crippen LogP contribution in [0.4, 0.5) is 5.69 Å². The summed E-state index contributed by atoms with van der Waals surface area (Å²) in [6.07, 6.45) is 2.61. The zero-order valence-electron chi connectivity index (χ0n) is 12.1. The Labute approximate surface area is 116 Å². The fourth-order valence-corrected chi connectivity index (χ4v) is 3.85. The average Bonchev–Trinajstić information content (AvgIpc) is 2.67. The molecule has 0 aliphatic carbocycles. The van der Waals surface area contributed by atoms with Crippen molar-refractivity contribution in [2.24, 2.45) is 11.3 Å². The Balaban J connectivity index is 1.85. The second-order valence-electron chi connectivity index (χ2n) is 6.66. The van der Waals surface area contributed by atoms with Gasteiger partial charge in [-0.3, -0.25) is 0 Å². The molecule has 1 aromatic carbocycles. The lowest BCUT2D eigenvalue weighted by Gasteiger charge is -2.25. The van der Waals surface area contributed by atoms with Gasteiger partial charge in [-0.2, -0.15) is 0 Å². The van der Waals surface area contributed by atoms with Gasteiger partial charge in [0.25, 0.3) is 0 Å². The summed E-state index contributed by atoms with van der Waals surface area (Å²) in [7, 11) is 0. The predicted octanol–water partition coefficient (Wildman–Crippen LogP) is 5.02. The summed E-state index contributed by atoms with van der Waals surface area (Å²) in [6.45, 7) is 10.6. The minimum absolute atomic E-state index is 0.455. The molecule has 0 N–H and O–H groups in total. The number of anilines is 1. The van der Waals surface area contributed by atoms with E-state index in [1.165, 1.54) is 30.0 Å². The van der Waals surface area contributed by atoms with Gasteiger partial charge in [-0.15, -0.1) is 11.8 Å². The van der Waals surface area contributed by atoms with Crippen LogP contribution in [0.2, 0.25) is 0 Å². The third-order valence-corrected chi connectivity index (χ3v) is 4.53. The van der Waals surface area contributed by atoms with Crippen LogP contribution >= 0.6 is 11.8 Å². The third kappa shape index (κ3) is 3.68. The molecule has 0 radical (unpaired) electrons. The highest BCUT2D eigenvalue weighted by Gasteiger charge is 2.20. The lowest BCUT2D eigenvalue weighted by molar-refractivity contribution is 0.298. The molecule has 2 heteroatoms. The van der Waals surface area contributed by atoms with E-state index in [-0.39, 0.29) is 0 Å². The van der Waals surface area contributed by atoms with Crippen molar-refractivity contribution in [3.63, 3.8) is 0 Å². The zero-order chi connectivity index (χ0) is 13.2. The normalized spacial score (nSPS) is 16.8. The van der Waals surface area contributed by atoms with Gasteiger partial charge in [-0.1, -0.05) is 39.8 Å². The molecule has 1 nitrogen and oxygen atoms in total. The molecule has 1 heterocycles. The lowest BCUT2D eigenvalue weighted by Crippen LogP contribution is -2.23. The van der Waals surface area contributed by atoms with Crippen molar-refractivity contribution in [3.05, 3.63) is 24.3 Å². The van der Waals surface area contributed by atoms with E-state index in [0.29, 0.717) is 5.41 Å². The highest BCUT2D eigenvalue weighted by atomic mass is 32.2. The monoisotopic (exact) mass is 263 g/mol. The van der Waals surface area contributed by atoms with E-state index in [0.717, 1.165) is 11.8 Å². The minimum atomic E-state index is 0.455. The van der Waals surface area contributed by atoms with E-state index in [9.17, 15) is 0 Å². The van der Waals surface area contributed by atoms with Crippen LogP contribution in [0.3, 0.4) is 0 Å². The first-order chi connectivity index (χ1) is 8.46. The molecule has 0 saturated heterocycles. The van der Waals surface area contributed by atoms with Crippen LogP contribution < -0.4 is 4.90 Å². The van der Waals surface area contributed by atoms with Crippen molar-refractivity contribution >= 4 is 17.4 Å². The molecular weight excluding hydrogens is 238 g/mol. The first-order valence-corrected chi connectivity index (χ1v) is 7.91. The molecule has 0 spiro atoms. The van der Waals surface area contributed by atoms with Crippen molar-refractivity contribution in [1.29, 1.82) is 0 Å². The van der Waals surface area contributed by atoms with E-state index < -0.39 is 0 Å². The number of thioether (sulfide) groups is 1. The van der Waals surface area contributed by atoms with Crippen molar-refractivity contribution in [2.45, 2.75) is 45.4 Å². The van der Waals surface area contributed by atoms with Crippen LogP contribution in [0.1, 0.15) is 40.5 Å². The molecule has 1 aromatic rings. The van der Waals surface area contributed by atoms with Gasteiger partial charge in [0, 0.05) is 11.4 Å². The van der Waals surface area contributed by atoms with Gasteiger partial charge < -0.3 is 4.90 Å². The van der Waals surface area contributed by atoms with Gasteiger partial charge in [0.15, 0.2) is 0 Å². The average molecular weight is 263 g/mol. The van der Waals surface area contributed by atoms with Crippen LogP contribution in [0.15, 0.2) is 29.2 Å². The largest absolute Gasteiger partial charge is 0.361 e. The van der Waals surface area contributed by atoms with Gasteiger partial charge >= 0.3 is 0 Å². The van der Waals surface area contributed by atoms with Crippen LogP contribution in [-0.4, -0.2) is 12.4 Å². The summed E-state index contributed by atoms with van der Waals surface area (Å²) in [5, 5.41) is 0. The standard InChI is InChI=1S/C16H25NS/c1-13(11-16(2,3)4)9-10-17-12-18-15-8-6-5-7-14(15)17/h5-8,13H,9-12H2,1-4H3. The van der Waals surface area contributed by atoms with Gasteiger partial charge in [0.1, 0.15) is 0 Å². The number of nitrogens with zero attached hydrogens (tertiary/aromatic N) is 1. The summed E-state index contributed by atoms with van der Waals surface area (Å²) in [4.78, 5) is 3.97. The molecule has 18 heavy (non-hydrogen) atoms. The molecule has 1 aliphatic rings. The second kappa shape index (κ2) is 5.56. The fraction of sp³-hybridized carbons (Fsp3) is 0.625. The van der Waals surface area contributed by atoms with Gasteiger partial charge in [-0.05, 0) is 36.3 Å². The van der Waals surface area contributed by atoms with E-state index in [1.54, 1.807) is 0 Å². The summed E-state index contributed by atoms with van der Waals surface area (Å²) >= 11 is 1.97. The first kappa shape index (κ1) is 13.8. The maximum absolute atomic E-state index is 2.53. The lowest BCUT2D eigenvalue weighted by atomic mass is 9.84. The molecular formula is C16H25NS. The molecule has 0 amide bonds. The Bertz CT molecular complexity index is 394. The summed E-state index contributed by atoms with van der Waals surface area (Å²) < 4.78 is 0. The highest BCUT2D eigenvalue weighted by molar-refractivity contribution is 7.99. The molecule has 2 rings (SSSR count). The molecule has 0 aromatic heterocycles. The second-order valence-corrected chi connectivity index (χ2v) is 7.65. The van der Waals surface area contributed by atoms with Crippen LogP contribution in [0.5, 0.6) is 0 Å². The maximum Gasteiger partial charge on any atom is 0.0686 e. The van der Waals surface area contributed by atoms with Crippen molar-refractivity contribution in [3.8, 4) is 0 Å². The summed E-state index contributed by atoms with van der Waals surface area (Å²) in [5.74, 6) is 1.93. The number of para-hydroxylation sites is 1. The van der Waals surface area contributed by atoms with Gasteiger partial charge in [-0.25, -0.2) is 0 Å². The van der Waals surface area contributed by atoms with Gasteiger partial charge in [0.2, 0.25) is 0 Å². The first-order valence-electron chi connectivity index (χ1n) is 6.92. The number of fused-ring (bicyclic) bond motifs is 1. The van der Waals surface area contributed by atoms with Gasteiger partial charge in [0.05, 0.1) is 11.6 Å². The van der Waals surface area contributed by atoms with E-state index in [4.69, 9.17) is 0 Å². The molecule has 1 atom stereocenters. The molecule has 100 valence electrons. The maximum atomic E-state index is 2.53. The highest BCUT2D eigenvalue weighted by Crippen LogP contribution is 2.38. The molecule has 1 unspecified atom stereocenters. The Morgan fingerprint density at radius 2 is 2.00 bits per heavy atom. The Morgan fingerprint density at radius 1 is 1.28 bits per heavy atom. The number of hydrogen-bond donors (Lipinski definition) is 0. The smallest absolute Gasteiger partial charge is 0.0686 e. The fourth-order valence-electron chi connectivity index (χ4n) is 2.77. The topological polar surface area (TPSA) is 3.24 Å². The molecule has 0 fully saturated rings. The predicted molar refractivity (Wildman–Crippen MR) is 82.4 cm³/mol. The number of benzene rings is 1. The van der Waals surface area contributed by atoms with E-state index >= 15 is 0 Å². The van der Waals surface area contributed by atoms with Crippen molar-refractivity contribution in [1.82, 2.24) is 0 Å². The number of hydrogen-bond acceptors (Lipinski definition) is 2. The van der Waals surface area contributed by atoms with Crippen molar-refractivity contribution in [2.75, 3.05) is 17.3 Å². The zero-order valence-corrected chi connectivity index (χ0v) is 12.9. The SMILES string of the molecule is CC(CCN1CSc2ccccc21)CC(C)(C)C. The molecule has 0 bridgehead atoms. The molecule has 0 saturated carbocycles. The van der Waals surface area contributed by atoms with Crippen LogP contribution in [0.25, 0.3) is 0 Å². The third-order valence-electron chi connectivity index (χ3n) is 3.43. The van der Waals surface area contributed by atoms with E-state index in [1.807, 2.05) is 11.8 Å². The van der Waals surface area contributed by atoms with Crippen LogP contribution in [0, 0.1) is 11.3 Å².